The lowest BCUT2D eigenvalue weighted by atomic mass is 10.1. The van der Waals surface area contributed by atoms with Crippen LogP contribution in [0.3, 0.4) is 0 Å². The fourth-order valence-electron chi connectivity index (χ4n) is 3.39. The summed E-state index contributed by atoms with van der Waals surface area (Å²) in [6.07, 6.45) is 0. The highest BCUT2D eigenvalue weighted by Gasteiger charge is 2.24. The summed E-state index contributed by atoms with van der Waals surface area (Å²) in [5.41, 5.74) is 2.29. The predicted octanol–water partition coefficient (Wildman–Crippen LogP) is 3.12. The van der Waals surface area contributed by atoms with Crippen LogP contribution in [0.5, 0.6) is 5.75 Å². The summed E-state index contributed by atoms with van der Waals surface area (Å²) in [5.74, 6) is 0.727. The second-order valence-electron chi connectivity index (χ2n) is 7.37. The van der Waals surface area contributed by atoms with Crippen molar-refractivity contribution in [1.82, 2.24) is 9.80 Å². The van der Waals surface area contributed by atoms with Crippen molar-refractivity contribution >= 4 is 5.91 Å². The van der Waals surface area contributed by atoms with E-state index >= 15 is 0 Å². The maximum absolute atomic E-state index is 13.0. The fourth-order valence-corrected chi connectivity index (χ4v) is 3.39. The van der Waals surface area contributed by atoms with Gasteiger partial charge in [-0.3, -0.25) is 9.69 Å². The molecule has 1 atom stereocenters. The summed E-state index contributed by atoms with van der Waals surface area (Å²) in [7, 11) is 0. The topological polar surface area (TPSA) is 42.0 Å². The minimum Gasteiger partial charge on any atom is -0.484 e. The maximum atomic E-state index is 13.0. The SMILES string of the molecule is Cc1ccc(OCC(=O)N(Cc2ccccc2)C(C)CN2CCOCC2)cc1. The molecule has 150 valence electrons. The second-order valence-corrected chi connectivity index (χ2v) is 7.37. The Bertz CT molecular complexity index is 727. The Balaban J connectivity index is 1.64. The molecule has 1 fully saturated rings. The van der Waals surface area contributed by atoms with Crippen LogP contribution in [0.1, 0.15) is 18.1 Å². The van der Waals surface area contributed by atoms with Crippen LogP contribution in [0, 0.1) is 6.92 Å². The number of benzene rings is 2. The van der Waals surface area contributed by atoms with Gasteiger partial charge in [-0.15, -0.1) is 0 Å². The number of carbonyl (C=O) groups excluding carboxylic acids is 1. The lowest BCUT2D eigenvalue weighted by Gasteiger charge is -2.35. The molecule has 1 heterocycles. The molecule has 1 saturated heterocycles. The number of morpholine rings is 1. The van der Waals surface area contributed by atoms with Crippen LogP contribution in [0.25, 0.3) is 0 Å². The third-order valence-electron chi connectivity index (χ3n) is 5.06. The highest BCUT2D eigenvalue weighted by Crippen LogP contribution is 2.14. The average Bonchev–Trinajstić information content (AvgIpc) is 2.73. The quantitative estimate of drug-likeness (QED) is 0.704. The molecule has 0 saturated carbocycles. The van der Waals surface area contributed by atoms with Gasteiger partial charge in [-0.25, -0.2) is 0 Å². The van der Waals surface area contributed by atoms with Crippen molar-refractivity contribution in [2.24, 2.45) is 0 Å². The largest absolute Gasteiger partial charge is 0.484 e. The first-order chi connectivity index (χ1) is 13.6. The van der Waals surface area contributed by atoms with Crippen LogP contribution in [0.2, 0.25) is 0 Å². The minimum atomic E-state index is 0.00480. The van der Waals surface area contributed by atoms with Crippen LogP contribution < -0.4 is 4.74 Å². The molecule has 2 aromatic carbocycles. The first-order valence-electron chi connectivity index (χ1n) is 9.95. The molecule has 3 rings (SSSR count). The molecule has 28 heavy (non-hydrogen) atoms. The molecular weight excluding hydrogens is 352 g/mol. The summed E-state index contributed by atoms with van der Waals surface area (Å²) in [6, 6.07) is 18.0. The summed E-state index contributed by atoms with van der Waals surface area (Å²) in [4.78, 5) is 17.3. The van der Waals surface area contributed by atoms with Crippen LogP contribution in [0.4, 0.5) is 0 Å². The number of aryl methyl sites for hydroxylation is 1. The van der Waals surface area contributed by atoms with Gasteiger partial charge in [0.05, 0.1) is 13.2 Å². The highest BCUT2D eigenvalue weighted by atomic mass is 16.5. The number of carbonyl (C=O) groups is 1. The van der Waals surface area contributed by atoms with E-state index in [1.807, 2.05) is 54.3 Å². The Kier molecular flexibility index (Phi) is 7.46. The number of amides is 1. The molecule has 0 aliphatic carbocycles. The molecule has 1 aliphatic rings. The molecule has 1 unspecified atom stereocenters. The molecule has 0 N–H and O–H groups in total. The Morgan fingerprint density at radius 1 is 1.11 bits per heavy atom. The molecule has 0 bridgehead atoms. The summed E-state index contributed by atoms with van der Waals surface area (Å²) < 4.78 is 11.2. The Morgan fingerprint density at radius 2 is 1.79 bits per heavy atom. The molecule has 1 amide bonds. The number of rotatable bonds is 8. The second kappa shape index (κ2) is 10.2. The van der Waals surface area contributed by atoms with Crippen molar-refractivity contribution in [3.8, 4) is 5.75 Å². The van der Waals surface area contributed by atoms with Gasteiger partial charge in [0.15, 0.2) is 6.61 Å². The van der Waals surface area contributed by atoms with Gasteiger partial charge in [0, 0.05) is 32.2 Å². The van der Waals surface area contributed by atoms with Gasteiger partial charge >= 0.3 is 0 Å². The lowest BCUT2D eigenvalue weighted by molar-refractivity contribution is -0.136. The zero-order chi connectivity index (χ0) is 19.8. The predicted molar refractivity (Wildman–Crippen MR) is 110 cm³/mol. The molecule has 0 spiro atoms. The smallest absolute Gasteiger partial charge is 0.261 e. The standard InChI is InChI=1S/C23H30N2O3/c1-19-8-10-22(11-9-19)28-18-23(26)25(17-21-6-4-3-5-7-21)20(2)16-24-12-14-27-15-13-24/h3-11,20H,12-18H2,1-2H3. The molecule has 0 aromatic heterocycles. The van der Waals surface area contributed by atoms with E-state index in [4.69, 9.17) is 9.47 Å². The van der Waals surface area contributed by atoms with Crippen molar-refractivity contribution in [3.05, 3.63) is 65.7 Å². The third kappa shape index (κ3) is 6.08. The van der Waals surface area contributed by atoms with Gasteiger partial charge in [-0.2, -0.15) is 0 Å². The van der Waals surface area contributed by atoms with Gasteiger partial charge in [0.25, 0.3) is 5.91 Å². The Labute approximate surface area is 167 Å². The Morgan fingerprint density at radius 3 is 2.46 bits per heavy atom. The molecule has 5 nitrogen and oxygen atoms in total. The van der Waals surface area contributed by atoms with E-state index in [1.54, 1.807) is 0 Å². The van der Waals surface area contributed by atoms with E-state index in [0.29, 0.717) is 6.54 Å². The summed E-state index contributed by atoms with van der Waals surface area (Å²) >= 11 is 0. The van der Waals surface area contributed by atoms with Gasteiger partial charge in [-0.05, 0) is 31.5 Å². The van der Waals surface area contributed by atoms with E-state index in [2.05, 4.69) is 24.0 Å². The molecule has 1 aliphatic heterocycles. The number of hydrogen-bond donors (Lipinski definition) is 0. The van der Waals surface area contributed by atoms with Crippen molar-refractivity contribution in [2.45, 2.75) is 26.4 Å². The Hall–Kier alpha value is -2.37. The number of nitrogens with zero attached hydrogens (tertiary/aromatic N) is 2. The van der Waals surface area contributed by atoms with Crippen molar-refractivity contribution < 1.29 is 14.3 Å². The number of ether oxygens (including phenoxy) is 2. The van der Waals surface area contributed by atoms with E-state index < -0.39 is 0 Å². The first kappa shape index (κ1) is 20.4. The van der Waals surface area contributed by atoms with Crippen molar-refractivity contribution in [1.29, 1.82) is 0 Å². The molecular formula is C23H30N2O3. The minimum absolute atomic E-state index is 0.00480. The summed E-state index contributed by atoms with van der Waals surface area (Å²) in [5, 5.41) is 0. The normalized spacial score (nSPS) is 15.8. The lowest BCUT2D eigenvalue weighted by Crippen LogP contribution is -2.49. The van der Waals surface area contributed by atoms with E-state index in [9.17, 15) is 4.79 Å². The first-order valence-corrected chi connectivity index (χ1v) is 9.95. The molecule has 0 radical (unpaired) electrons. The zero-order valence-corrected chi connectivity index (χ0v) is 16.8. The maximum Gasteiger partial charge on any atom is 0.261 e. The van der Waals surface area contributed by atoms with Crippen LogP contribution in [-0.2, 0) is 16.1 Å². The van der Waals surface area contributed by atoms with Gasteiger partial charge in [-0.1, -0.05) is 48.0 Å². The fraction of sp³-hybridized carbons (Fsp3) is 0.435. The monoisotopic (exact) mass is 382 g/mol. The number of hydrogen-bond acceptors (Lipinski definition) is 4. The van der Waals surface area contributed by atoms with Gasteiger partial charge < -0.3 is 14.4 Å². The third-order valence-corrected chi connectivity index (χ3v) is 5.06. The van der Waals surface area contributed by atoms with E-state index in [-0.39, 0.29) is 18.6 Å². The van der Waals surface area contributed by atoms with Gasteiger partial charge in [0.2, 0.25) is 0 Å². The average molecular weight is 383 g/mol. The van der Waals surface area contributed by atoms with Crippen LogP contribution in [0.15, 0.2) is 54.6 Å². The van der Waals surface area contributed by atoms with Crippen LogP contribution >= 0.6 is 0 Å². The van der Waals surface area contributed by atoms with E-state index in [1.165, 1.54) is 5.56 Å². The highest BCUT2D eigenvalue weighted by molar-refractivity contribution is 5.78. The molecule has 2 aromatic rings. The van der Waals surface area contributed by atoms with Crippen LogP contribution in [-0.4, -0.2) is 61.2 Å². The van der Waals surface area contributed by atoms with Crippen molar-refractivity contribution in [3.63, 3.8) is 0 Å². The van der Waals surface area contributed by atoms with E-state index in [0.717, 1.165) is 44.2 Å². The summed E-state index contributed by atoms with van der Waals surface area (Å²) in [6.45, 7) is 8.96. The molecule has 5 heteroatoms. The van der Waals surface area contributed by atoms with Gasteiger partial charge in [0.1, 0.15) is 5.75 Å². The zero-order valence-electron chi connectivity index (χ0n) is 16.8. The van der Waals surface area contributed by atoms with Crippen molar-refractivity contribution in [2.75, 3.05) is 39.5 Å².